The molecule has 0 saturated heterocycles. The zero-order valence-electron chi connectivity index (χ0n) is 8.82. The largest absolute Gasteiger partial charge is 0.339 e. The highest BCUT2D eigenvalue weighted by atomic mass is 32.2. The lowest BCUT2D eigenvalue weighted by Gasteiger charge is -2.17. The standard InChI is InChI=1S/C11H9N3O2S/c12-4-10(15)13-5-7-1-2-9-8(3-7)14-11(16)6-17-9/h1-3H,5-6H2,(H,13,15)(H,14,16). The molecule has 6 heteroatoms. The summed E-state index contributed by atoms with van der Waals surface area (Å²) in [5, 5.41) is 13.5. The van der Waals surface area contributed by atoms with Gasteiger partial charge in [-0.05, 0) is 17.7 Å². The molecule has 0 fully saturated rings. The highest BCUT2D eigenvalue weighted by Crippen LogP contribution is 2.31. The van der Waals surface area contributed by atoms with Gasteiger partial charge in [-0.2, -0.15) is 5.26 Å². The molecule has 0 spiro atoms. The van der Waals surface area contributed by atoms with Gasteiger partial charge in [0, 0.05) is 11.4 Å². The van der Waals surface area contributed by atoms with E-state index in [9.17, 15) is 9.59 Å². The van der Waals surface area contributed by atoms with E-state index in [-0.39, 0.29) is 12.5 Å². The molecule has 1 aromatic rings. The molecule has 1 aromatic carbocycles. The molecule has 17 heavy (non-hydrogen) atoms. The first-order valence-corrected chi connectivity index (χ1v) is 5.91. The van der Waals surface area contributed by atoms with E-state index in [0.717, 1.165) is 16.1 Å². The van der Waals surface area contributed by atoms with E-state index in [1.165, 1.54) is 17.8 Å². The molecule has 86 valence electrons. The van der Waals surface area contributed by atoms with Crippen LogP contribution in [0.3, 0.4) is 0 Å². The first-order chi connectivity index (χ1) is 8.19. The number of fused-ring (bicyclic) bond motifs is 1. The van der Waals surface area contributed by atoms with Gasteiger partial charge in [0.15, 0.2) is 6.07 Å². The molecule has 1 aliphatic heterocycles. The van der Waals surface area contributed by atoms with Crippen LogP contribution in [0.4, 0.5) is 5.69 Å². The number of benzene rings is 1. The van der Waals surface area contributed by atoms with Crippen molar-refractivity contribution in [1.29, 1.82) is 5.26 Å². The van der Waals surface area contributed by atoms with Gasteiger partial charge in [0.25, 0.3) is 0 Å². The fraction of sp³-hybridized carbons (Fsp3) is 0.182. The number of amides is 2. The molecular weight excluding hydrogens is 238 g/mol. The molecule has 0 aromatic heterocycles. The Morgan fingerprint density at radius 2 is 2.41 bits per heavy atom. The van der Waals surface area contributed by atoms with Gasteiger partial charge in [0.05, 0.1) is 11.4 Å². The highest BCUT2D eigenvalue weighted by Gasteiger charge is 2.15. The molecular formula is C11H9N3O2S. The third-order valence-electron chi connectivity index (χ3n) is 2.23. The minimum absolute atomic E-state index is 0.0271. The lowest BCUT2D eigenvalue weighted by atomic mass is 10.2. The van der Waals surface area contributed by atoms with Gasteiger partial charge >= 0.3 is 5.91 Å². The number of hydrogen-bond donors (Lipinski definition) is 2. The average molecular weight is 247 g/mol. The van der Waals surface area contributed by atoms with Gasteiger partial charge in [-0.15, -0.1) is 11.8 Å². The second-order valence-electron chi connectivity index (χ2n) is 3.46. The number of anilines is 1. The second kappa shape index (κ2) is 4.89. The summed E-state index contributed by atoms with van der Waals surface area (Å²) in [6, 6.07) is 7.04. The predicted octanol–water partition coefficient (Wildman–Crippen LogP) is 0.871. The summed E-state index contributed by atoms with van der Waals surface area (Å²) in [6.07, 6.45) is 0. The monoisotopic (exact) mass is 247 g/mol. The van der Waals surface area contributed by atoms with Crippen LogP contribution in [0.2, 0.25) is 0 Å². The fourth-order valence-electron chi connectivity index (χ4n) is 1.46. The van der Waals surface area contributed by atoms with Crippen molar-refractivity contribution in [3.05, 3.63) is 23.8 Å². The molecule has 5 nitrogen and oxygen atoms in total. The smallest absolute Gasteiger partial charge is 0.322 e. The van der Waals surface area contributed by atoms with E-state index in [1.54, 1.807) is 6.07 Å². The number of carbonyl (C=O) groups is 2. The van der Waals surface area contributed by atoms with Crippen LogP contribution in [-0.4, -0.2) is 17.6 Å². The first kappa shape index (κ1) is 11.5. The fourth-order valence-corrected chi connectivity index (χ4v) is 2.25. The summed E-state index contributed by atoms with van der Waals surface area (Å²) in [5.74, 6) is -0.265. The molecule has 2 rings (SSSR count). The maximum absolute atomic E-state index is 11.2. The van der Waals surface area contributed by atoms with Crippen molar-refractivity contribution >= 4 is 29.3 Å². The number of thioether (sulfide) groups is 1. The second-order valence-corrected chi connectivity index (χ2v) is 4.48. The number of rotatable bonds is 2. The van der Waals surface area contributed by atoms with Gasteiger partial charge in [-0.3, -0.25) is 9.59 Å². The Balaban J connectivity index is 2.11. The average Bonchev–Trinajstić information content (AvgIpc) is 2.35. The number of nitrogens with zero attached hydrogens (tertiary/aromatic N) is 1. The minimum atomic E-state index is -0.666. The Bertz CT molecular complexity index is 522. The number of nitriles is 1. The summed E-state index contributed by atoms with van der Waals surface area (Å²) in [7, 11) is 0. The molecule has 0 bridgehead atoms. The molecule has 2 N–H and O–H groups in total. The summed E-state index contributed by atoms with van der Waals surface area (Å²) >= 11 is 1.48. The van der Waals surface area contributed by atoms with Crippen LogP contribution < -0.4 is 10.6 Å². The topological polar surface area (TPSA) is 82.0 Å². The van der Waals surface area contributed by atoms with Crippen LogP contribution in [0.15, 0.2) is 23.1 Å². The summed E-state index contributed by atoms with van der Waals surface area (Å²) in [6.45, 7) is 0.278. The van der Waals surface area contributed by atoms with E-state index in [1.807, 2.05) is 12.1 Å². The van der Waals surface area contributed by atoms with E-state index in [4.69, 9.17) is 5.26 Å². The number of carbonyl (C=O) groups excluding carboxylic acids is 2. The highest BCUT2D eigenvalue weighted by molar-refractivity contribution is 8.00. The predicted molar refractivity (Wildman–Crippen MR) is 63.3 cm³/mol. The molecule has 0 aliphatic carbocycles. The van der Waals surface area contributed by atoms with Gasteiger partial charge in [-0.1, -0.05) is 6.07 Å². The van der Waals surface area contributed by atoms with Crippen LogP contribution in [0.5, 0.6) is 0 Å². The Labute approximate surface area is 102 Å². The van der Waals surface area contributed by atoms with E-state index in [2.05, 4.69) is 10.6 Å². The molecule has 0 radical (unpaired) electrons. The zero-order valence-corrected chi connectivity index (χ0v) is 9.63. The van der Waals surface area contributed by atoms with Crippen molar-refractivity contribution in [3.63, 3.8) is 0 Å². The lowest BCUT2D eigenvalue weighted by molar-refractivity contribution is -0.116. The lowest BCUT2D eigenvalue weighted by Crippen LogP contribution is -2.21. The molecule has 1 aliphatic rings. The van der Waals surface area contributed by atoms with Crippen molar-refractivity contribution in [3.8, 4) is 6.07 Å². The van der Waals surface area contributed by atoms with Crippen LogP contribution in [0.1, 0.15) is 5.56 Å². The summed E-state index contributed by atoms with van der Waals surface area (Å²) in [5.41, 5.74) is 1.60. The first-order valence-electron chi connectivity index (χ1n) is 4.92. The van der Waals surface area contributed by atoms with Crippen LogP contribution in [0.25, 0.3) is 0 Å². The zero-order chi connectivity index (χ0) is 12.3. The van der Waals surface area contributed by atoms with Crippen molar-refractivity contribution in [2.45, 2.75) is 11.4 Å². The van der Waals surface area contributed by atoms with Crippen molar-refractivity contribution in [1.82, 2.24) is 5.32 Å². The minimum Gasteiger partial charge on any atom is -0.339 e. The Hall–Kier alpha value is -2.00. The van der Waals surface area contributed by atoms with Crippen molar-refractivity contribution in [2.24, 2.45) is 0 Å². The van der Waals surface area contributed by atoms with E-state index in [0.29, 0.717) is 5.75 Å². The van der Waals surface area contributed by atoms with E-state index < -0.39 is 5.91 Å². The van der Waals surface area contributed by atoms with Gasteiger partial charge < -0.3 is 10.6 Å². The third kappa shape index (κ3) is 2.77. The Morgan fingerprint density at radius 1 is 1.59 bits per heavy atom. The van der Waals surface area contributed by atoms with Gasteiger partial charge in [0.1, 0.15) is 0 Å². The molecule has 2 amide bonds. The number of nitrogens with one attached hydrogen (secondary N) is 2. The normalized spacial score (nSPS) is 13.2. The van der Waals surface area contributed by atoms with Gasteiger partial charge in [0.2, 0.25) is 5.91 Å². The quantitative estimate of drug-likeness (QED) is 0.760. The summed E-state index contributed by atoms with van der Waals surface area (Å²) in [4.78, 5) is 23.0. The Morgan fingerprint density at radius 3 is 3.18 bits per heavy atom. The van der Waals surface area contributed by atoms with E-state index >= 15 is 0 Å². The number of hydrogen-bond acceptors (Lipinski definition) is 4. The molecule has 0 atom stereocenters. The van der Waals surface area contributed by atoms with Crippen molar-refractivity contribution in [2.75, 3.05) is 11.1 Å². The Kier molecular flexibility index (Phi) is 3.30. The maximum Gasteiger partial charge on any atom is 0.322 e. The van der Waals surface area contributed by atoms with Gasteiger partial charge in [-0.25, -0.2) is 0 Å². The SMILES string of the molecule is N#CC(=O)NCc1ccc2c(c1)NC(=O)CS2. The molecule has 0 unspecified atom stereocenters. The van der Waals surface area contributed by atoms with Crippen LogP contribution in [0, 0.1) is 11.3 Å². The van der Waals surface area contributed by atoms with Crippen LogP contribution >= 0.6 is 11.8 Å². The summed E-state index contributed by atoms with van der Waals surface area (Å²) < 4.78 is 0. The maximum atomic E-state index is 11.2. The molecule has 0 saturated carbocycles. The third-order valence-corrected chi connectivity index (χ3v) is 3.30. The van der Waals surface area contributed by atoms with Crippen LogP contribution in [-0.2, 0) is 16.1 Å². The molecule has 1 heterocycles. The van der Waals surface area contributed by atoms with Crippen molar-refractivity contribution < 1.29 is 9.59 Å².